The molecular formula is C27H31FN4O3. The number of ether oxygens (including phenoxy) is 1. The zero-order chi connectivity index (χ0) is 24.5. The van der Waals surface area contributed by atoms with Crippen molar-refractivity contribution in [2.75, 3.05) is 6.61 Å². The molecule has 2 aliphatic rings. The predicted octanol–water partition coefficient (Wildman–Crippen LogP) is 4.64. The third kappa shape index (κ3) is 5.16. The van der Waals surface area contributed by atoms with Crippen LogP contribution in [0.15, 0.2) is 30.5 Å². The van der Waals surface area contributed by atoms with Crippen molar-refractivity contribution in [2.45, 2.75) is 64.5 Å². The lowest BCUT2D eigenvalue weighted by Crippen LogP contribution is -2.43. The van der Waals surface area contributed by atoms with Crippen LogP contribution in [0.3, 0.4) is 0 Å². The summed E-state index contributed by atoms with van der Waals surface area (Å²) in [6.45, 7) is 3.97. The number of carbonyl (C=O) groups is 2. The first kappa shape index (κ1) is 23.3. The van der Waals surface area contributed by atoms with E-state index in [0.717, 1.165) is 60.9 Å². The number of amides is 2. The van der Waals surface area contributed by atoms with Gasteiger partial charge in [0.15, 0.2) is 0 Å². The molecule has 2 amide bonds. The number of aromatic nitrogens is 2. The van der Waals surface area contributed by atoms with E-state index in [1.54, 1.807) is 12.3 Å². The number of hydrogen-bond acceptors (Lipinski definition) is 4. The fourth-order valence-electron chi connectivity index (χ4n) is 4.97. The fraction of sp³-hybridized carbons (Fsp3) is 0.444. The van der Waals surface area contributed by atoms with Gasteiger partial charge in [-0.25, -0.2) is 4.39 Å². The Hall–Kier alpha value is -3.42. The Morgan fingerprint density at radius 3 is 2.46 bits per heavy atom. The topological polar surface area (TPSA) is 96.1 Å². The molecule has 3 aromatic rings. The van der Waals surface area contributed by atoms with Crippen molar-refractivity contribution in [3.05, 3.63) is 47.5 Å². The zero-order valence-electron chi connectivity index (χ0n) is 20.1. The van der Waals surface area contributed by atoms with E-state index in [2.05, 4.69) is 20.6 Å². The number of fused-ring (bicyclic) bond motifs is 1. The van der Waals surface area contributed by atoms with Gasteiger partial charge in [0.2, 0.25) is 5.91 Å². The standard InChI is InChI=1S/C27H31FN4O3/c1-15-24(27(34)32-20-8-6-19(7-9-20)31-16(2)33)26-25(30-15)22(11-12-29-26)21-10-5-18(28)13-23(21)35-14-17-3-4-17/h5,10-13,17,19-20,30H,3-4,6-9,14H2,1-2H3,(H,31,33)(H,32,34)/t19-,20+. The van der Waals surface area contributed by atoms with Crippen LogP contribution in [-0.2, 0) is 4.79 Å². The first-order chi connectivity index (χ1) is 16.9. The predicted molar refractivity (Wildman–Crippen MR) is 132 cm³/mol. The molecule has 0 spiro atoms. The molecule has 0 radical (unpaired) electrons. The van der Waals surface area contributed by atoms with Crippen LogP contribution in [0.2, 0.25) is 0 Å². The fourth-order valence-corrected chi connectivity index (χ4v) is 4.97. The number of rotatable bonds is 7. The van der Waals surface area contributed by atoms with Gasteiger partial charge in [-0.2, -0.15) is 0 Å². The van der Waals surface area contributed by atoms with Gasteiger partial charge in [-0.05, 0) is 69.6 Å². The van der Waals surface area contributed by atoms with E-state index in [9.17, 15) is 14.0 Å². The lowest BCUT2D eigenvalue weighted by molar-refractivity contribution is -0.119. The maximum Gasteiger partial charge on any atom is 0.255 e. The highest BCUT2D eigenvalue weighted by Crippen LogP contribution is 2.38. The highest BCUT2D eigenvalue weighted by Gasteiger charge is 2.27. The molecule has 2 aliphatic carbocycles. The van der Waals surface area contributed by atoms with E-state index in [1.807, 2.05) is 13.0 Å². The molecule has 3 N–H and O–H groups in total. The lowest BCUT2D eigenvalue weighted by atomic mass is 9.91. The second kappa shape index (κ2) is 9.68. The SMILES string of the molecule is CC(=O)N[C@H]1CC[C@@H](NC(=O)c2c(C)[nH]c3c(-c4ccc(F)cc4OCC4CC4)ccnc23)CC1. The number of hydrogen-bond donors (Lipinski definition) is 3. The van der Waals surface area contributed by atoms with E-state index in [4.69, 9.17) is 4.74 Å². The van der Waals surface area contributed by atoms with Crippen LogP contribution in [0, 0.1) is 18.7 Å². The second-order valence-corrected chi connectivity index (χ2v) is 9.82. The van der Waals surface area contributed by atoms with E-state index in [-0.39, 0.29) is 29.7 Å². The Bertz CT molecular complexity index is 1260. The van der Waals surface area contributed by atoms with Gasteiger partial charge in [0.1, 0.15) is 17.1 Å². The summed E-state index contributed by atoms with van der Waals surface area (Å²) in [5, 5.41) is 6.12. The van der Waals surface area contributed by atoms with Gasteiger partial charge in [-0.15, -0.1) is 0 Å². The highest BCUT2D eigenvalue weighted by molar-refractivity contribution is 6.09. The number of halogens is 1. The lowest BCUT2D eigenvalue weighted by Gasteiger charge is -2.29. The third-order valence-electron chi connectivity index (χ3n) is 6.98. The third-order valence-corrected chi connectivity index (χ3v) is 6.98. The van der Waals surface area contributed by atoms with E-state index in [1.165, 1.54) is 19.1 Å². The van der Waals surface area contributed by atoms with Crippen molar-refractivity contribution in [2.24, 2.45) is 5.92 Å². The van der Waals surface area contributed by atoms with E-state index in [0.29, 0.717) is 29.4 Å². The summed E-state index contributed by atoms with van der Waals surface area (Å²) < 4.78 is 20.0. The average Bonchev–Trinajstić information content (AvgIpc) is 3.58. The number of pyridine rings is 1. The highest BCUT2D eigenvalue weighted by atomic mass is 19.1. The number of benzene rings is 1. The molecule has 0 atom stereocenters. The largest absolute Gasteiger partial charge is 0.493 e. The quantitative estimate of drug-likeness (QED) is 0.461. The molecule has 35 heavy (non-hydrogen) atoms. The summed E-state index contributed by atoms with van der Waals surface area (Å²) in [6, 6.07) is 6.65. The first-order valence-electron chi connectivity index (χ1n) is 12.4. The summed E-state index contributed by atoms with van der Waals surface area (Å²) in [4.78, 5) is 32.5. The molecule has 1 aromatic carbocycles. The Morgan fingerprint density at radius 1 is 1.06 bits per heavy atom. The van der Waals surface area contributed by atoms with Crippen LogP contribution in [0.25, 0.3) is 22.2 Å². The van der Waals surface area contributed by atoms with Crippen molar-refractivity contribution < 1.29 is 18.7 Å². The average molecular weight is 479 g/mol. The number of H-pyrrole nitrogens is 1. The van der Waals surface area contributed by atoms with Gasteiger partial charge in [0, 0.05) is 48.1 Å². The molecule has 8 heteroatoms. The summed E-state index contributed by atoms with van der Waals surface area (Å²) in [6.07, 6.45) is 7.28. The zero-order valence-corrected chi connectivity index (χ0v) is 20.1. The van der Waals surface area contributed by atoms with Crippen molar-refractivity contribution in [1.29, 1.82) is 0 Å². The van der Waals surface area contributed by atoms with Crippen LogP contribution in [0.4, 0.5) is 4.39 Å². The Kier molecular flexibility index (Phi) is 6.45. The van der Waals surface area contributed by atoms with Crippen LogP contribution in [0.1, 0.15) is 61.5 Å². The van der Waals surface area contributed by atoms with Crippen LogP contribution in [0.5, 0.6) is 5.75 Å². The summed E-state index contributed by atoms with van der Waals surface area (Å²) in [5.74, 6) is 0.515. The summed E-state index contributed by atoms with van der Waals surface area (Å²) in [5.41, 5.74) is 4.15. The molecular weight excluding hydrogens is 447 g/mol. The normalized spacial score (nSPS) is 20.0. The second-order valence-electron chi connectivity index (χ2n) is 9.82. The molecule has 0 unspecified atom stereocenters. The van der Waals surface area contributed by atoms with Gasteiger partial charge in [-0.1, -0.05) is 0 Å². The van der Waals surface area contributed by atoms with Crippen molar-refractivity contribution >= 4 is 22.8 Å². The van der Waals surface area contributed by atoms with Gasteiger partial charge in [0.05, 0.1) is 17.7 Å². The minimum atomic E-state index is -0.346. The molecule has 2 fully saturated rings. The maximum atomic E-state index is 14.0. The number of carbonyl (C=O) groups excluding carboxylic acids is 2. The van der Waals surface area contributed by atoms with E-state index >= 15 is 0 Å². The van der Waals surface area contributed by atoms with Crippen molar-refractivity contribution in [1.82, 2.24) is 20.6 Å². The minimum absolute atomic E-state index is 0.0176. The summed E-state index contributed by atoms with van der Waals surface area (Å²) in [7, 11) is 0. The molecule has 0 saturated heterocycles. The van der Waals surface area contributed by atoms with Crippen LogP contribution >= 0.6 is 0 Å². The number of nitrogens with one attached hydrogen (secondary N) is 3. The van der Waals surface area contributed by atoms with Crippen molar-refractivity contribution in [3.63, 3.8) is 0 Å². The molecule has 7 nitrogen and oxygen atoms in total. The molecule has 5 rings (SSSR count). The van der Waals surface area contributed by atoms with Crippen LogP contribution < -0.4 is 15.4 Å². The Morgan fingerprint density at radius 2 is 1.77 bits per heavy atom. The van der Waals surface area contributed by atoms with Gasteiger partial charge < -0.3 is 20.4 Å². The first-order valence-corrected chi connectivity index (χ1v) is 12.4. The Balaban J connectivity index is 1.39. The smallest absolute Gasteiger partial charge is 0.255 e. The molecule has 2 aromatic heterocycles. The van der Waals surface area contributed by atoms with Crippen molar-refractivity contribution in [3.8, 4) is 16.9 Å². The number of aromatic amines is 1. The minimum Gasteiger partial charge on any atom is -0.493 e. The maximum absolute atomic E-state index is 14.0. The molecule has 2 heterocycles. The molecule has 0 aliphatic heterocycles. The van der Waals surface area contributed by atoms with Gasteiger partial charge in [-0.3, -0.25) is 14.6 Å². The monoisotopic (exact) mass is 478 g/mol. The molecule has 0 bridgehead atoms. The Labute approximate surface area is 203 Å². The van der Waals surface area contributed by atoms with Gasteiger partial charge >= 0.3 is 0 Å². The number of aryl methyl sites for hydroxylation is 1. The number of nitrogens with zero attached hydrogens (tertiary/aromatic N) is 1. The van der Waals surface area contributed by atoms with Gasteiger partial charge in [0.25, 0.3) is 5.91 Å². The van der Waals surface area contributed by atoms with Crippen LogP contribution in [-0.4, -0.2) is 40.5 Å². The van der Waals surface area contributed by atoms with E-state index < -0.39 is 0 Å². The molecule has 2 saturated carbocycles. The molecule has 184 valence electrons. The summed E-state index contributed by atoms with van der Waals surface area (Å²) >= 11 is 0.